The van der Waals surface area contributed by atoms with Crippen LogP contribution in [0.25, 0.3) is 11.4 Å². The molecule has 0 radical (unpaired) electrons. The Morgan fingerprint density at radius 3 is 2.92 bits per heavy atom. The number of furan rings is 1. The van der Waals surface area contributed by atoms with Crippen LogP contribution in [0.1, 0.15) is 52.5 Å². The molecule has 7 heteroatoms. The number of H-pyrrole nitrogens is 1. The quantitative estimate of drug-likeness (QED) is 0.714. The van der Waals surface area contributed by atoms with E-state index in [1.165, 1.54) is 11.3 Å². The molecule has 3 aromatic heterocycles. The van der Waals surface area contributed by atoms with Crippen LogP contribution < -0.4 is 5.32 Å². The molecule has 0 aromatic carbocycles. The van der Waals surface area contributed by atoms with Crippen molar-refractivity contribution < 1.29 is 14.0 Å². The number of carbonyl (C=O) groups excluding carboxylic acids is 2. The molecule has 0 aliphatic heterocycles. The number of ketones is 1. The van der Waals surface area contributed by atoms with E-state index in [-0.39, 0.29) is 22.9 Å². The van der Waals surface area contributed by atoms with Crippen molar-refractivity contribution >= 4 is 28.2 Å². The molecule has 1 amide bonds. The molecule has 2 N–H and O–H groups in total. The van der Waals surface area contributed by atoms with Crippen molar-refractivity contribution in [3.05, 3.63) is 46.4 Å². The Morgan fingerprint density at radius 2 is 2.19 bits per heavy atom. The Labute approximate surface area is 154 Å². The van der Waals surface area contributed by atoms with Gasteiger partial charge in [-0.3, -0.25) is 14.9 Å². The number of aromatic nitrogens is 2. The number of aromatic amines is 1. The first-order valence-electron chi connectivity index (χ1n) is 8.40. The van der Waals surface area contributed by atoms with Gasteiger partial charge in [0.2, 0.25) is 0 Å². The molecule has 0 saturated heterocycles. The van der Waals surface area contributed by atoms with E-state index in [2.05, 4.69) is 15.3 Å². The van der Waals surface area contributed by atoms with E-state index in [9.17, 15) is 9.59 Å². The Kier molecular flexibility index (Phi) is 3.84. The second kappa shape index (κ2) is 5.95. The molecule has 1 aliphatic carbocycles. The number of anilines is 1. The zero-order chi connectivity index (χ0) is 18.5. The standard InChI is InChI=1S/C19H19N3O3S/c1-10-15-13(23)7-19(2,3)8-14(15)25-16(10)17(24)22-18-21-12(9-26-18)11-5-4-6-20-11/h4-6,9,20H,7-8H2,1-3H3,(H,21,22,24). The van der Waals surface area contributed by atoms with Crippen molar-refractivity contribution in [1.82, 2.24) is 9.97 Å². The third-order valence-corrected chi connectivity index (χ3v) is 5.34. The maximum absolute atomic E-state index is 12.7. The predicted molar refractivity (Wildman–Crippen MR) is 99.7 cm³/mol. The molecule has 134 valence electrons. The number of amides is 1. The van der Waals surface area contributed by atoms with Crippen LogP contribution >= 0.6 is 11.3 Å². The van der Waals surface area contributed by atoms with E-state index < -0.39 is 0 Å². The molecule has 4 rings (SSSR count). The lowest BCUT2D eigenvalue weighted by molar-refractivity contribution is 0.0898. The number of thiazole rings is 1. The van der Waals surface area contributed by atoms with Crippen molar-refractivity contribution in [2.75, 3.05) is 5.32 Å². The van der Waals surface area contributed by atoms with Crippen molar-refractivity contribution in [3.8, 4) is 11.4 Å². The van der Waals surface area contributed by atoms with E-state index in [4.69, 9.17) is 4.42 Å². The minimum absolute atomic E-state index is 0.0415. The Hall–Kier alpha value is -2.67. The highest BCUT2D eigenvalue weighted by molar-refractivity contribution is 7.14. The van der Waals surface area contributed by atoms with Crippen LogP contribution in [0.5, 0.6) is 0 Å². The van der Waals surface area contributed by atoms with E-state index in [1.807, 2.05) is 37.6 Å². The first-order chi connectivity index (χ1) is 12.3. The lowest BCUT2D eigenvalue weighted by Crippen LogP contribution is -2.26. The van der Waals surface area contributed by atoms with Crippen LogP contribution in [0.3, 0.4) is 0 Å². The van der Waals surface area contributed by atoms with Gasteiger partial charge in [-0.15, -0.1) is 11.3 Å². The Bertz CT molecular complexity index is 996. The molecule has 6 nitrogen and oxygen atoms in total. The Morgan fingerprint density at radius 1 is 1.38 bits per heavy atom. The highest BCUT2D eigenvalue weighted by atomic mass is 32.1. The molecular weight excluding hydrogens is 350 g/mol. The summed E-state index contributed by atoms with van der Waals surface area (Å²) < 4.78 is 5.79. The summed E-state index contributed by atoms with van der Waals surface area (Å²) in [6.07, 6.45) is 2.94. The zero-order valence-electron chi connectivity index (χ0n) is 14.8. The molecule has 3 heterocycles. The molecule has 0 spiro atoms. The van der Waals surface area contributed by atoms with Gasteiger partial charge >= 0.3 is 0 Å². The number of nitrogens with zero attached hydrogens (tertiary/aromatic N) is 1. The minimum Gasteiger partial charge on any atom is -0.455 e. The summed E-state index contributed by atoms with van der Waals surface area (Å²) in [5, 5.41) is 5.13. The summed E-state index contributed by atoms with van der Waals surface area (Å²) in [6.45, 7) is 5.83. The second-order valence-corrected chi connectivity index (χ2v) is 8.23. The summed E-state index contributed by atoms with van der Waals surface area (Å²) in [5.74, 6) is 0.465. The monoisotopic (exact) mass is 369 g/mol. The first kappa shape index (κ1) is 16.8. The number of hydrogen-bond donors (Lipinski definition) is 2. The number of carbonyl (C=O) groups is 2. The number of rotatable bonds is 3. The van der Waals surface area contributed by atoms with Gasteiger partial charge in [-0.1, -0.05) is 13.8 Å². The van der Waals surface area contributed by atoms with E-state index in [1.54, 1.807) is 6.92 Å². The van der Waals surface area contributed by atoms with Gasteiger partial charge in [0.25, 0.3) is 5.91 Å². The molecule has 3 aromatic rings. The molecule has 0 unspecified atom stereocenters. The van der Waals surface area contributed by atoms with Crippen LogP contribution in [0.15, 0.2) is 28.1 Å². The minimum atomic E-state index is -0.380. The summed E-state index contributed by atoms with van der Waals surface area (Å²) in [6, 6.07) is 3.81. The predicted octanol–water partition coefficient (Wildman–Crippen LogP) is 4.45. The van der Waals surface area contributed by atoms with Gasteiger partial charge in [-0.25, -0.2) is 4.98 Å². The average Bonchev–Trinajstić information content (AvgIpc) is 3.25. The van der Waals surface area contributed by atoms with E-state index >= 15 is 0 Å². The van der Waals surface area contributed by atoms with E-state index in [0.717, 1.165) is 11.4 Å². The molecule has 0 atom stereocenters. The fourth-order valence-electron chi connectivity index (χ4n) is 3.40. The van der Waals surface area contributed by atoms with Crippen molar-refractivity contribution in [2.24, 2.45) is 5.41 Å². The fraction of sp³-hybridized carbons (Fsp3) is 0.316. The molecule has 26 heavy (non-hydrogen) atoms. The maximum Gasteiger partial charge on any atom is 0.293 e. The topological polar surface area (TPSA) is 88.0 Å². The summed E-state index contributed by atoms with van der Waals surface area (Å²) in [4.78, 5) is 32.6. The normalized spacial score (nSPS) is 15.7. The third-order valence-electron chi connectivity index (χ3n) is 4.58. The van der Waals surface area contributed by atoms with Crippen molar-refractivity contribution in [1.29, 1.82) is 0 Å². The molecular formula is C19H19N3O3S. The molecule has 1 aliphatic rings. The van der Waals surface area contributed by atoms with Gasteiger partial charge in [0, 0.05) is 30.0 Å². The lowest BCUT2D eigenvalue weighted by Gasteiger charge is -2.27. The molecule has 0 bridgehead atoms. The zero-order valence-corrected chi connectivity index (χ0v) is 15.6. The highest BCUT2D eigenvalue weighted by Crippen LogP contribution is 2.38. The van der Waals surface area contributed by atoms with Gasteiger partial charge in [-0.05, 0) is 24.5 Å². The van der Waals surface area contributed by atoms with Crippen LogP contribution in [0, 0.1) is 12.3 Å². The van der Waals surface area contributed by atoms with Gasteiger partial charge < -0.3 is 9.40 Å². The van der Waals surface area contributed by atoms with Gasteiger partial charge in [0.15, 0.2) is 16.7 Å². The van der Waals surface area contributed by atoms with Crippen LogP contribution in [-0.2, 0) is 6.42 Å². The smallest absolute Gasteiger partial charge is 0.293 e. The average molecular weight is 369 g/mol. The van der Waals surface area contributed by atoms with Gasteiger partial charge in [-0.2, -0.15) is 0 Å². The molecule has 0 saturated carbocycles. The first-order valence-corrected chi connectivity index (χ1v) is 9.28. The van der Waals surface area contributed by atoms with Gasteiger partial charge in [0.05, 0.1) is 17.0 Å². The maximum atomic E-state index is 12.7. The molecule has 0 fully saturated rings. The largest absolute Gasteiger partial charge is 0.455 e. The number of nitrogens with one attached hydrogen (secondary N) is 2. The lowest BCUT2D eigenvalue weighted by atomic mass is 9.76. The number of fused-ring (bicyclic) bond motifs is 1. The third kappa shape index (κ3) is 2.88. The second-order valence-electron chi connectivity index (χ2n) is 7.37. The fourth-order valence-corrected chi connectivity index (χ4v) is 4.10. The number of Topliss-reactive ketones (excluding diaryl/α,β-unsaturated/α-hetero) is 1. The number of hydrogen-bond acceptors (Lipinski definition) is 5. The Balaban J connectivity index is 1.59. The summed E-state index contributed by atoms with van der Waals surface area (Å²) in [7, 11) is 0. The SMILES string of the molecule is Cc1c(C(=O)Nc2nc(-c3ccc[nH]3)cs2)oc2c1C(=O)CC(C)(C)C2. The van der Waals surface area contributed by atoms with Crippen LogP contribution in [0.2, 0.25) is 0 Å². The van der Waals surface area contributed by atoms with E-state index in [0.29, 0.717) is 34.9 Å². The summed E-state index contributed by atoms with van der Waals surface area (Å²) in [5.41, 5.74) is 2.68. The van der Waals surface area contributed by atoms with Gasteiger partial charge in [0.1, 0.15) is 5.76 Å². The van der Waals surface area contributed by atoms with Crippen molar-refractivity contribution in [3.63, 3.8) is 0 Å². The van der Waals surface area contributed by atoms with Crippen molar-refractivity contribution in [2.45, 2.75) is 33.6 Å². The highest BCUT2D eigenvalue weighted by Gasteiger charge is 2.37. The summed E-state index contributed by atoms with van der Waals surface area (Å²) >= 11 is 1.34. The van der Waals surface area contributed by atoms with Crippen LogP contribution in [0.4, 0.5) is 5.13 Å². The van der Waals surface area contributed by atoms with Crippen LogP contribution in [-0.4, -0.2) is 21.7 Å².